The Bertz CT molecular complexity index is 1150. The third-order valence-corrected chi connectivity index (χ3v) is 5.03. The van der Waals surface area contributed by atoms with Crippen LogP contribution in [0.1, 0.15) is 16.7 Å². The van der Waals surface area contributed by atoms with Gasteiger partial charge in [0.25, 0.3) is 0 Å². The van der Waals surface area contributed by atoms with Gasteiger partial charge >= 0.3 is 5.97 Å². The van der Waals surface area contributed by atoms with Crippen molar-refractivity contribution in [2.24, 2.45) is 4.99 Å². The zero-order valence-electron chi connectivity index (χ0n) is 15.4. The van der Waals surface area contributed by atoms with E-state index in [4.69, 9.17) is 32.7 Å². The van der Waals surface area contributed by atoms with Crippen LogP contribution in [0.4, 0.5) is 4.39 Å². The Balaban J connectivity index is 1.47. The van der Waals surface area contributed by atoms with Crippen molar-refractivity contribution in [3.63, 3.8) is 0 Å². The van der Waals surface area contributed by atoms with Gasteiger partial charge in [0, 0.05) is 21.2 Å². The van der Waals surface area contributed by atoms with Crippen molar-refractivity contribution in [1.82, 2.24) is 0 Å². The molecule has 30 heavy (non-hydrogen) atoms. The first kappa shape index (κ1) is 20.1. The van der Waals surface area contributed by atoms with Crippen LogP contribution < -0.4 is 4.74 Å². The molecular formula is C23H14Cl2FNO3. The Labute approximate surface area is 182 Å². The molecule has 4 nitrogen and oxygen atoms in total. The molecule has 0 radical (unpaired) electrons. The molecule has 3 aromatic carbocycles. The summed E-state index contributed by atoms with van der Waals surface area (Å²) in [6.45, 7) is 0.229. The number of ether oxygens (including phenoxy) is 2. The lowest BCUT2D eigenvalue weighted by Gasteiger charge is -2.09. The van der Waals surface area contributed by atoms with Crippen molar-refractivity contribution < 1.29 is 18.7 Å². The minimum absolute atomic E-state index is 0.0716. The van der Waals surface area contributed by atoms with Gasteiger partial charge in [-0.25, -0.2) is 14.2 Å². The van der Waals surface area contributed by atoms with Crippen LogP contribution in [0.15, 0.2) is 77.4 Å². The number of nitrogens with zero attached hydrogens (tertiary/aromatic N) is 1. The Kier molecular flexibility index (Phi) is 5.84. The number of rotatable bonds is 5. The Hall–Kier alpha value is -3.15. The second-order valence-electron chi connectivity index (χ2n) is 6.40. The van der Waals surface area contributed by atoms with Crippen LogP contribution in [-0.2, 0) is 16.1 Å². The predicted molar refractivity (Wildman–Crippen MR) is 114 cm³/mol. The lowest BCUT2D eigenvalue weighted by atomic mass is 10.2. The Morgan fingerprint density at radius 3 is 2.40 bits per heavy atom. The van der Waals surface area contributed by atoms with Gasteiger partial charge in [0.05, 0.1) is 0 Å². The lowest BCUT2D eigenvalue weighted by Crippen LogP contribution is -2.05. The normalized spacial score (nSPS) is 14.6. The molecule has 1 heterocycles. The second-order valence-corrected chi connectivity index (χ2v) is 7.22. The van der Waals surface area contributed by atoms with Gasteiger partial charge < -0.3 is 9.47 Å². The number of benzene rings is 3. The van der Waals surface area contributed by atoms with Gasteiger partial charge in [0.1, 0.15) is 18.2 Å². The Morgan fingerprint density at radius 1 is 1.00 bits per heavy atom. The number of esters is 1. The van der Waals surface area contributed by atoms with E-state index < -0.39 is 11.8 Å². The van der Waals surface area contributed by atoms with Gasteiger partial charge in [-0.1, -0.05) is 47.5 Å². The molecule has 4 rings (SSSR count). The van der Waals surface area contributed by atoms with E-state index in [-0.39, 0.29) is 18.2 Å². The maximum absolute atomic E-state index is 13.4. The molecule has 0 N–H and O–H groups in total. The van der Waals surface area contributed by atoms with Gasteiger partial charge in [0.15, 0.2) is 5.70 Å². The van der Waals surface area contributed by atoms with Crippen LogP contribution in [0.3, 0.4) is 0 Å². The van der Waals surface area contributed by atoms with Crippen LogP contribution in [-0.4, -0.2) is 11.9 Å². The first-order chi connectivity index (χ1) is 14.5. The van der Waals surface area contributed by atoms with Crippen molar-refractivity contribution in [1.29, 1.82) is 0 Å². The van der Waals surface area contributed by atoms with Crippen molar-refractivity contribution in [2.45, 2.75) is 6.61 Å². The third kappa shape index (κ3) is 4.53. The smallest absolute Gasteiger partial charge is 0.363 e. The van der Waals surface area contributed by atoms with E-state index in [1.54, 1.807) is 54.6 Å². The number of aliphatic imine (C=N–C) groups is 1. The number of hydrogen-bond acceptors (Lipinski definition) is 4. The van der Waals surface area contributed by atoms with E-state index in [9.17, 15) is 9.18 Å². The molecule has 0 bridgehead atoms. The van der Waals surface area contributed by atoms with Crippen molar-refractivity contribution in [2.75, 3.05) is 0 Å². The summed E-state index contributed by atoms with van der Waals surface area (Å²) in [7, 11) is 0. The zero-order chi connectivity index (χ0) is 21.1. The molecule has 0 aromatic heterocycles. The van der Waals surface area contributed by atoms with E-state index in [0.29, 0.717) is 26.9 Å². The SMILES string of the molecule is O=C1OC(c2cccc(F)c2)=NC1=Cc1ccc(OCc2c(Cl)cccc2Cl)cc1. The monoisotopic (exact) mass is 441 g/mol. The van der Waals surface area contributed by atoms with Gasteiger partial charge in [-0.3, -0.25) is 0 Å². The van der Waals surface area contributed by atoms with Gasteiger partial charge in [-0.15, -0.1) is 0 Å². The fraction of sp³-hybridized carbons (Fsp3) is 0.0435. The van der Waals surface area contributed by atoms with Crippen LogP contribution in [0.2, 0.25) is 10.0 Å². The molecule has 0 saturated heterocycles. The third-order valence-electron chi connectivity index (χ3n) is 4.32. The highest BCUT2D eigenvalue weighted by Crippen LogP contribution is 2.26. The topological polar surface area (TPSA) is 47.9 Å². The second kappa shape index (κ2) is 8.69. The molecule has 0 saturated carbocycles. The van der Waals surface area contributed by atoms with Crippen LogP contribution in [0.25, 0.3) is 6.08 Å². The van der Waals surface area contributed by atoms with E-state index in [1.165, 1.54) is 18.2 Å². The highest BCUT2D eigenvalue weighted by molar-refractivity contribution is 6.35. The van der Waals surface area contributed by atoms with Gasteiger partial charge in [0.2, 0.25) is 5.90 Å². The van der Waals surface area contributed by atoms with Crippen LogP contribution in [0, 0.1) is 5.82 Å². The number of halogens is 3. The molecule has 0 unspecified atom stereocenters. The summed E-state index contributed by atoms with van der Waals surface area (Å²) in [6.07, 6.45) is 1.59. The first-order valence-corrected chi connectivity index (χ1v) is 9.69. The molecule has 7 heteroatoms. The van der Waals surface area contributed by atoms with E-state index >= 15 is 0 Å². The maximum atomic E-state index is 13.4. The summed E-state index contributed by atoms with van der Waals surface area (Å²) in [6, 6.07) is 18.1. The summed E-state index contributed by atoms with van der Waals surface area (Å²) in [4.78, 5) is 16.3. The average molecular weight is 442 g/mol. The molecule has 1 aliphatic heterocycles. The fourth-order valence-electron chi connectivity index (χ4n) is 2.80. The van der Waals surface area contributed by atoms with Crippen LogP contribution in [0.5, 0.6) is 5.75 Å². The minimum Gasteiger partial charge on any atom is -0.489 e. The molecule has 150 valence electrons. The molecular weight excluding hydrogens is 428 g/mol. The number of carbonyl (C=O) groups excluding carboxylic acids is 1. The first-order valence-electron chi connectivity index (χ1n) is 8.94. The van der Waals surface area contributed by atoms with Gasteiger partial charge in [-0.2, -0.15) is 0 Å². The summed E-state index contributed by atoms with van der Waals surface area (Å²) in [5, 5.41) is 1.08. The standard InChI is InChI=1S/C23H14Cl2FNO3/c24-19-5-2-6-20(25)18(19)13-29-17-9-7-14(8-10-17)11-21-23(28)30-22(27-21)15-3-1-4-16(26)12-15/h1-12H,13H2. The Morgan fingerprint density at radius 2 is 1.70 bits per heavy atom. The molecule has 3 aromatic rings. The van der Waals surface area contributed by atoms with E-state index in [1.807, 2.05) is 0 Å². The summed E-state index contributed by atoms with van der Waals surface area (Å²) in [5.74, 6) is -0.339. The largest absolute Gasteiger partial charge is 0.489 e. The summed E-state index contributed by atoms with van der Waals surface area (Å²) in [5.41, 5.74) is 1.97. The van der Waals surface area contributed by atoms with Crippen molar-refractivity contribution in [3.05, 3.63) is 105 Å². The lowest BCUT2D eigenvalue weighted by molar-refractivity contribution is -0.129. The summed E-state index contributed by atoms with van der Waals surface area (Å²) < 4.78 is 24.3. The number of carbonyl (C=O) groups is 1. The quantitative estimate of drug-likeness (QED) is 0.357. The number of hydrogen-bond donors (Lipinski definition) is 0. The summed E-state index contributed by atoms with van der Waals surface area (Å²) >= 11 is 12.3. The molecule has 0 aliphatic carbocycles. The molecule has 0 amide bonds. The zero-order valence-corrected chi connectivity index (χ0v) is 17.0. The molecule has 1 aliphatic rings. The maximum Gasteiger partial charge on any atom is 0.363 e. The minimum atomic E-state index is -0.594. The molecule has 0 spiro atoms. The van der Waals surface area contributed by atoms with Crippen LogP contribution >= 0.6 is 23.2 Å². The predicted octanol–water partition coefficient (Wildman–Crippen LogP) is 6.06. The van der Waals surface area contributed by atoms with Gasteiger partial charge in [-0.05, 0) is 54.1 Å². The van der Waals surface area contributed by atoms with Crippen molar-refractivity contribution >= 4 is 41.1 Å². The number of cyclic esters (lactones) is 1. The van der Waals surface area contributed by atoms with E-state index in [0.717, 1.165) is 5.56 Å². The molecule has 0 atom stereocenters. The molecule has 0 fully saturated rings. The fourth-order valence-corrected chi connectivity index (χ4v) is 3.30. The highest BCUT2D eigenvalue weighted by Gasteiger charge is 2.24. The average Bonchev–Trinajstić information content (AvgIpc) is 3.09. The highest BCUT2D eigenvalue weighted by atomic mass is 35.5. The van der Waals surface area contributed by atoms with Crippen molar-refractivity contribution in [3.8, 4) is 5.75 Å². The van der Waals surface area contributed by atoms with E-state index in [2.05, 4.69) is 4.99 Å².